The highest BCUT2D eigenvalue weighted by atomic mass is 19.4. The zero-order chi connectivity index (χ0) is 18.0. The van der Waals surface area contributed by atoms with Crippen LogP contribution in [0.15, 0.2) is 48.5 Å². The summed E-state index contributed by atoms with van der Waals surface area (Å²) < 4.78 is 76.1. The number of benzene rings is 2. The summed E-state index contributed by atoms with van der Waals surface area (Å²) in [4.78, 5) is 1.66. The van der Waals surface area contributed by atoms with E-state index < -0.39 is 23.5 Å². The molecular formula is C17H15F6N. The number of alkyl halides is 6. The smallest absolute Gasteiger partial charge is 0.298 e. The molecule has 0 atom stereocenters. The van der Waals surface area contributed by atoms with E-state index in [0.29, 0.717) is 11.1 Å². The van der Waals surface area contributed by atoms with E-state index in [-0.39, 0.29) is 13.1 Å². The van der Waals surface area contributed by atoms with E-state index in [1.807, 2.05) is 0 Å². The van der Waals surface area contributed by atoms with Crippen molar-refractivity contribution in [1.82, 2.24) is 4.90 Å². The predicted molar refractivity (Wildman–Crippen MR) is 78.1 cm³/mol. The monoisotopic (exact) mass is 347 g/mol. The molecule has 2 rings (SSSR count). The van der Waals surface area contributed by atoms with Crippen molar-refractivity contribution in [3.63, 3.8) is 0 Å². The first-order valence-electron chi connectivity index (χ1n) is 7.06. The maximum atomic E-state index is 12.7. The molecule has 7 heteroatoms. The minimum Gasteiger partial charge on any atom is -0.298 e. The quantitative estimate of drug-likeness (QED) is 0.674. The first-order valence-corrected chi connectivity index (χ1v) is 7.06. The lowest BCUT2D eigenvalue weighted by Crippen LogP contribution is -2.18. The highest BCUT2D eigenvalue weighted by Crippen LogP contribution is 2.31. The zero-order valence-electron chi connectivity index (χ0n) is 12.7. The highest BCUT2D eigenvalue weighted by Gasteiger charge is 2.31. The summed E-state index contributed by atoms with van der Waals surface area (Å²) in [5.41, 5.74) is -0.599. The van der Waals surface area contributed by atoms with Gasteiger partial charge in [-0.2, -0.15) is 26.3 Å². The molecule has 2 aromatic carbocycles. The summed E-state index contributed by atoms with van der Waals surface area (Å²) in [6.45, 7) is 0.389. The number of hydrogen-bond acceptors (Lipinski definition) is 1. The first-order chi connectivity index (χ1) is 11.1. The minimum absolute atomic E-state index is 0.195. The third-order valence-electron chi connectivity index (χ3n) is 3.41. The fourth-order valence-electron chi connectivity index (χ4n) is 2.37. The summed E-state index contributed by atoms with van der Waals surface area (Å²) in [6, 6.07) is 9.79. The van der Waals surface area contributed by atoms with Crippen molar-refractivity contribution in [3.05, 3.63) is 70.8 Å². The van der Waals surface area contributed by atoms with Gasteiger partial charge < -0.3 is 0 Å². The van der Waals surface area contributed by atoms with Crippen molar-refractivity contribution in [3.8, 4) is 0 Å². The van der Waals surface area contributed by atoms with Crippen LogP contribution in [0.5, 0.6) is 0 Å². The molecule has 0 saturated carbocycles. The Labute approximate surface area is 135 Å². The number of nitrogens with zero attached hydrogens (tertiary/aromatic N) is 1. The fourth-order valence-corrected chi connectivity index (χ4v) is 2.37. The van der Waals surface area contributed by atoms with Crippen LogP contribution in [0.3, 0.4) is 0 Å². The van der Waals surface area contributed by atoms with E-state index in [1.54, 1.807) is 24.1 Å². The lowest BCUT2D eigenvalue weighted by atomic mass is 10.1. The third kappa shape index (κ3) is 4.99. The van der Waals surface area contributed by atoms with Crippen LogP contribution in [0.2, 0.25) is 0 Å². The molecule has 0 N–H and O–H groups in total. The summed E-state index contributed by atoms with van der Waals surface area (Å²) in [6.07, 6.45) is -8.84. The molecule has 0 aliphatic carbocycles. The van der Waals surface area contributed by atoms with Crippen molar-refractivity contribution in [1.29, 1.82) is 0 Å². The van der Waals surface area contributed by atoms with E-state index in [4.69, 9.17) is 0 Å². The lowest BCUT2D eigenvalue weighted by Gasteiger charge is -2.18. The molecule has 0 saturated heterocycles. The Hall–Kier alpha value is -2.02. The van der Waals surface area contributed by atoms with Crippen LogP contribution in [-0.4, -0.2) is 11.9 Å². The Balaban J connectivity index is 2.08. The van der Waals surface area contributed by atoms with Crippen molar-refractivity contribution < 1.29 is 26.3 Å². The van der Waals surface area contributed by atoms with E-state index in [2.05, 4.69) is 0 Å². The number of rotatable bonds is 4. The van der Waals surface area contributed by atoms with Gasteiger partial charge in [0, 0.05) is 13.1 Å². The number of hydrogen-bond donors (Lipinski definition) is 0. The minimum atomic E-state index is -4.42. The van der Waals surface area contributed by atoms with Gasteiger partial charge in [0.15, 0.2) is 0 Å². The summed E-state index contributed by atoms with van der Waals surface area (Å²) >= 11 is 0. The van der Waals surface area contributed by atoms with Crippen LogP contribution in [0.4, 0.5) is 26.3 Å². The summed E-state index contributed by atoms with van der Waals surface area (Å²) in [5, 5.41) is 0. The standard InChI is InChI=1S/C17H15F6N/c1-24(10-12-4-2-6-14(8-12)16(18,19)20)11-13-5-3-7-15(9-13)17(21,22)23/h2-9H,10-11H2,1H3. The maximum Gasteiger partial charge on any atom is 0.416 e. The van der Waals surface area contributed by atoms with Crippen molar-refractivity contribution in [2.45, 2.75) is 25.4 Å². The molecule has 0 aliphatic rings. The molecule has 0 fully saturated rings. The van der Waals surface area contributed by atoms with Crippen LogP contribution >= 0.6 is 0 Å². The second kappa shape index (κ2) is 6.84. The lowest BCUT2D eigenvalue weighted by molar-refractivity contribution is -0.138. The molecule has 0 amide bonds. The average Bonchev–Trinajstić information content (AvgIpc) is 2.46. The van der Waals surface area contributed by atoms with Gasteiger partial charge in [0.05, 0.1) is 11.1 Å². The molecule has 0 bridgehead atoms. The van der Waals surface area contributed by atoms with E-state index in [9.17, 15) is 26.3 Å². The van der Waals surface area contributed by atoms with Gasteiger partial charge in [0.2, 0.25) is 0 Å². The number of halogens is 6. The van der Waals surface area contributed by atoms with Crippen molar-refractivity contribution >= 4 is 0 Å². The molecule has 24 heavy (non-hydrogen) atoms. The average molecular weight is 347 g/mol. The van der Waals surface area contributed by atoms with Crippen molar-refractivity contribution in [2.24, 2.45) is 0 Å². The van der Waals surface area contributed by atoms with Gasteiger partial charge in [-0.1, -0.05) is 36.4 Å². The van der Waals surface area contributed by atoms with E-state index in [1.165, 1.54) is 12.1 Å². The molecule has 0 aliphatic heterocycles. The van der Waals surface area contributed by atoms with E-state index in [0.717, 1.165) is 24.3 Å². The molecule has 0 radical (unpaired) electrons. The molecule has 0 aromatic heterocycles. The van der Waals surface area contributed by atoms with Gasteiger partial charge >= 0.3 is 12.4 Å². The SMILES string of the molecule is CN(Cc1cccc(C(F)(F)F)c1)Cc1cccc(C(F)(F)F)c1. The summed E-state index contributed by atoms with van der Waals surface area (Å²) in [5.74, 6) is 0. The zero-order valence-corrected chi connectivity index (χ0v) is 12.7. The molecule has 0 heterocycles. The van der Waals surface area contributed by atoms with Gasteiger partial charge in [0.1, 0.15) is 0 Å². The molecule has 1 nitrogen and oxygen atoms in total. The Morgan fingerprint density at radius 3 is 1.42 bits per heavy atom. The van der Waals surface area contributed by atoms with Crippen LogP contribution < -0.4 is 0 Å². The largest absolute Gasteiger partial charge is 0.416 e. The fraction of sp³-hybridized carbons (Fsp3) is 0.294. The van der Waals surface area contributed by atoms with Crippen LogP contribution in [0.25, 0.3) is 0 Å². The van der Waals surface area contributed by atoms with Gasteiger partial charge in [0.25, 0.3) is 0 Å². The Kier molecular flexibility index (Phi) is 5.22. The van der Waals surface area contributed by atoms with E-state index >= 15 is 0 Å². The molecular weight excluding hydrogens is 332 g/mol. The Morgan fingerprint density at radius 1 is 0.708 bits per heavy atom. The summed E-state index contributed by atoms with van der Waals surface area (Å²) in [7, 11) is 1.64. The van der Waals surface area contributed by atoms with Gasteiger partial charge in [-0.25, -0.2) is 0 Å². The topological polar surface area (TPSA) is 3.24 Å². The second-order valence-electron chi connectivity index (χ2n) is 5.57. The first kappa shape index (κ1) is 18.3. The van der Waals surface area contributed by atoms with Crippen LogP contribution in [-0.2, 0) is 25.4 Å². The second-order valence-corrected chi connectivity index (χ2v) is 5.57. The van der Waals surface area contributed by atoms with Gasteiger partial charge in [-0.15, -0.1) is 0 Å². The van der Waals surface area contributed by atoms with Crippen LogP contribution in [0.1, 0.15) is 22.3 Å². The van der Waals surface area contributed by atoms with Gasteiger partial charge in [-0.05, 0) is 30.3 Å². The Morgan fingerprint density at radius 2 is 1.08 bits per heavy atom. The van der Waals surface area contributed by atoms with Crippen molar-refractivity contribution in [2.75, 3.05) is 7.05 Å². The molecule has 0 unspecified atom stereocenters. The normalized spacial score (nSPS) is 12.7. The molecule has 2 aromatic rings. The highest BCUT2D eigenvalue weighted by molar-refractivity contribution is 5.27. The molecule has 0 spiro atoms. The maximum absolute atomic E-state index is 12.7. The van der Waals surface area contributed by atoms with Gasteiger partial charge in [-0.3, -0.25) is 4.90 Å². The third-order valence-corrected chi connectivity index (χ3v) is 3.41. The van der Waals surface area contributed by atoms with Crippen LogP contribution in [0, 0.1) is 0 Å². The molecule has 130 valence electrons. The Bertz CT molecular complexity index is 630. The predicted octanol–water partition coefficient (Wildman–Crippen LogP) is 5.36.